The molecule has 2 aromatic rings. The normalized spacial score (nSPS) is 18.9. The van der Waals surface area contributed by atoms with Crippen LogP contribution in [0.4, 0.5) is 0 Å². The van der Waals surface area contributed by atoms with Gasteiger partial charge in [-0.3, -0.25) is 9.88 Å². The van der Waals surface area contributed by atoms with Crippen molar-refractivity contribution in [1.82, 2.24) is 9.88 Å². The number of pyridine rings is 1. The van der Waals surface area contributed by atoms with Crippen molar-refractivity contribution in [3.8, 4) is 5.75 Å². The molecule has 4 rings (SSSR count). The predicted molar refractivity (Wildman–Crippen MR) is 104 cm³/mol. The molecular formula is C22H28N2O3. The van der Waals surface area contributed by atoms with Crippen molar-refractivity contribution < 1.29 is 14.2 Å². The number of morpholine rings is 1. The molecule has 1 aromatic carbocycles. The van der Waals surface area contributed by atoms with E-state index in [-0.39, 0.29) is 11.6 Å². The third-order valence-corrected chi connectivity index (χ3v) is 4.93. The van der Waals surface area contributed by atoms with Gasteiger partial charge in [0, 0.05) is 24.8 Å². The van der Waals surface area contributed by atoms with Gasteiger partial charge in [0.2, 0.25) is 0 Å². The van der Waals surface area contributed by atoms with Gasteiger partial charge in [-0.15, -0.1) is 0 Å². The number of benzene rings is 1. The van der Waals surface area contributed by atoms with Gasteiger partial charge in [0.05, 0.1) is 38.2 Å². The lowest BCUT2D eigenvalue weighted by atomic mass is 9.98. The van der Waals surface area contributed by atoms with E-state index < -0.39 is 0 Å². The fourth-order valence-electron chi connectivity index (χ4n) is 3.70. The zero-order valence-corrected chi connectivity index (χ0v) is 16.4. The van der Waals surface area contributed by atoms with Crippen molar-refractivity contribution in [3.63, 3.8) is 0 Å². The highest BCUT2D eigenvalue weighted by Crippen LogP contribution is 2.32. The molecule has 0 amide bonds. The first-order chi connectivity index (χ1) is 13.0. The lowest BCUT2D eigenvalue weighted by Crippen LogP contribution is -2.39. The van der Waals surface area contributed by atoms with Gasteiger partial charge in [0.1, 0.15) is 11.4 Å². The van der Waals surface area contributed by atoms with Crippen LogP contribution in [0.2, 0.25) is 0 Å². The van der Waals surface area contributed by atoms with Crippen LogP contribution >= 0.6 is 0 Å². The van der Waals surface area contributed by atoms with Gasteiger partial charge in [0.15, 0.2) is 0 Å². The second-order valence-corrected chi connectivity index (χ2v) is 8.21. The largest absolute Gasteiger partial charge is 0.488 e. The molecule has 0 aliphatic carbocycles. The molecule has 0 radical (unpaired) electrons. The zero-order chi connectivity index (χ0) is 18.9. The van der Waals surface area contributed by atoms with Gasteiger partial charge < -0.3 is 14.2 Å². The summed E-state index contributed by atoms with van der Waals surface area (Å²) >= 11 is 0. The summed E-state index contributed by atoms with van der Waals surface area (Å²) in [5.41, 5.74) is 4.56. The van der Waals surface area contributed by atoms with Crippen LogP contribution in [0.1, 0.15) is 49.2 Å². The zero-order valence-electron chi connectivity index (χ0n) is 16.4. The number of fused-ring (bicyclic) bond motifs is 1. The summed E-state index contributed by atoms with van der Waals surface area (Å²) in [6.45, 7) is 10.9. The van der Waals surface area contributed by atoms with E-state index in [2.05, 4.69) is 56.0 Å². The van der Waals surface area contributed by atoms with E-state index in [0.29, 0.717) is 13.2 Å². The predicted octanol–water partition coefficient (Wildman–Crippen LogP) is 3.71. The minimum Gasteiger partial charge on any atom is -0.488 e. The standard InChI is InChI=1S/C22H28N2O3/c1-22(2,3)27-19-6-4-16(5-7-19)21(24-8-10-25-11-9-24)20-12-17-14-26-15-18(17)13-23-20/h4-7,12-13,21H,8-11,14-15H2,1-3H3. The average molecular weight is 368 g/mol. The number of aromatic nitrogens is 1. The molecule has 3 heterocycles. The molecule has 2 aliphatic heterocycles. The first-order valence-corrected chi connectivity index (χ1v) is 9.66. The lowest BCUT2D eigenvalue weighted by molar-refractivity contribution is 0.0232. The molecule has 1 saturated heterocycles. The average Bonchev–Trinajstić information content (AvgIpc) is 3.11. The van der Waals surface area contributed by atoms with E-state index in [1.807, 2.05) is 6.20 Å². The van der Waals surface area contributed by atoms with E-state index in [0.717, 1.165) is 37.7 Å². The monoisotopic (exact) mass is 368 g/mol. The Morgan fingerprint density at radius 1 is 1.00 bits per heavy atom. The van der Waals surface area contributed by atoms with Crippen LogP contribution in [0.25, 0.3) is 0 Å². The maximum atomic E-state index is 5.98. The summed E-state index contributed by atoms with van der Waals surface area (Å²) < 4.78 is 17.1. The Labute approximate surface area is 161 Å². The van der Waals surface area contributed by atoms with Gasteiger partial charge in [-0.05, 0) is 50.1 Å². The first-order valence-electron chi connectivity index (χ1n) is 9.66. The molecule has 0 spiro atoms. The maximum absolute atomic E-state index is 5.98. The summed E-state index contributed by atoms with van der Waals surface area (Å²) in [7, 11) is 0. The molecule has 0 bridgehead atoms. The Morgan fingerprint density at radius 3 is 2.41 bits per heavy atom. The molecule has 5 heteroatoms. The molecule has 0 saturated carbocycles. The second kappa shape index (κ2) is 7.58. The topological polar surface area (TPSA) is 43.8 Å². The fourth-order valence-corrected chi connectivity index (χ4v) is 3.70. The summed E-state index contributed by atoms with van der Waals surface area (Å²) in [6.07, 6.45) is 1.97. The third kappa shape index (κ3) is 4.32. The van der Waals surface area contributed by atoms with Crippen LogP contribution in [0.3, 0.4) is 0 Å². The van der Waals surface area contributed by atoms with Crippen molar-refractivity contribution in [3.05, 3.63) is 58.9 Å². The molecule has 144 valence electrons. The Morgan fingerprint density at radius 2 is 1.70 bits per heavy atom. The molecule has 0 N–H and O–H groups in total. The summed E-state index contributed by atoms with van der Waals surface area (Å²) in [6, 6.07) is 10.8. The summed E-state index contributed by atoms with van der Waals surface area (Å²) in [5.74, 6) is 0.891. The lowest BCUT2D eigenvalue weighted by Gasteiger charge is -2.34. The van der Waals surface area contributed by atoms with Crippen LogP contribution in [-0.4, -0.2) is 41.8 Å². The molecule has 2 aliphatic rings. The van der Waals surface area contributed by atoms with E-state index in [1.54, 1.807) is 0 Å². The van der Waals surface area contributed by atoms with Crippen molar-refractivity contribution in [2.45, 2.75) is 45.6 Å². The Kier molecular flexibility index (Phi) is 5.17. The summed E-state index contributed by atoms with van der Waals surface area (Å²) in [5, 5.41) is 0. The van der Waals surface area contributed by atoms with Gasteiger partial charge in [0.25, 0.3) is 0 Å². The Bertz CT molecular complexity index is 777. The molecule has 1 fully saturated rings. The number of nitrogens with zero attached hydrogens (tertiary/aromatic N) is 2. The van der Waals surface area contributed by atoms with Gasteiger partial charge in [-0.1, -0.05) is 12.1 Å². The van der Waals surface area contributed by atoms with E-state index in [9.17, 15) is 0 Å². The SMILES string of the molecule is CC(C)(C)Oc1ccc(C(c2cc3c(cn2)COC3)N2CCOCC2)cc1. The minimum atomic E-state index is -0.202. The highest BCUT2D eigenvalue weighted by molar-refractivity contribution is 5.37. The second-order valence-electron chi connectivity index (χ2n) is 8.21. The van der Waals surface area contributed by atoms with Crippen molar-refractivity contribution in [2.24, 2.45) is 0 Å². The first kappa shape index (κ1) is 18.4. The highest BCUT2D eigenvalue weighted by Gasteiger charge is 2.27. The number of ether oxygens (including phenoxy) is 3. The van der Waals surface area contributed by atoms with Crippen molar-refractivity contribution >= 4 is 0 Å². The molecular weight excluding hydrogens is 340 g/mol. The van der Waals surface area contributed by atoms with Crippen molar-refractivity contribution in [2.75, 3.05) is 26.3 Å². The molecule has 1 atom stereocenters. The molecule has 5 nitrogen and oxygen atoms in total. The van der Waals surface area contributed by atoms with Gasteiger partial charge in [-0.2, -0.15) is 0 Å². The fraction of sp³-hybridized carbons (Fsp3) is 0.500. The smallest absolute Gasteiger partial charge is 0.120 e. The minimum absolute atomic E-state index is 0.114. The van der Waals surface area contributed by atoms with Crippen LogP contribution < -0.4 is 4.74 Å². The third-order valence-electron chi connectivity index (χ3n) is 4.93. The van der Waals surface area contributed by atoms with Crippen LogP contribution in [-0.2, 0) is 22.7 Å². The Hall–Kier alpha value is -1.95. The van der Waals surface area contributed by atoms with Crippen LogP contribution in [0.5, 0.6) is 5.75 Å². The number of hydrogen-bond donors (Lipinski definition) is 0. The maximum Gasteiger partial charge on any atom is 0.120 e. The van der Waals surface area contributed by atoms with Crippen LogP contribution in [0, 0.1) is 0 Å². The van der Waals surface area contributed by atoms with E-state index >= 15 is 0 Å². The summed E-state index contributed by atoms with van der Waals surface area (Å²) in [4.78, 5) is 7.24. The van der Waals surface area contributed by atoms with E-state index in [1.165, 1.54) is 16.7 Å². The highest BCUT2D eigenvalue weighted by atomic mass is 16.5. The van der Waals surface area contributed by atoms with Crippen molar-refractivity contribution in [1.29, 1.82) is 0 Å². The van der Waals surface area contributed by atoms with Crippen LogP contribution in [0.15, 0.2) is 36.5 Å². The van der Waals surface area contributed by atoms with Gasteiger partial charge in [-0.25, -0.2) is 0 Å². The number of rotatable bonds is 4. The van der Waals surface area contributed by atoms with E-state index in [4.69, 9.17) is 19.2 Å². The molecule has 1 unspecified atom stereocenters. The number of hydrogen-bond acceptors (Lipinski definition) is 5. The molecule has 27 heavy (non-hydrogen) atoms. The Balaban J connectivity index is 1.65. The quantitative estimate of drug-likeness (QED) is 0.823. The van der Waals surface area contributed by atoms with Gasteiger partial charge >= 0.3 is 0 Å². The molecule has 1 aromatic heterocycles.